The third-order valence-electron chi connectivity index (χ3n) is 2.10. The number of halogens is 4. The summed E-state index contributed by atoms with van der Waals surface area (Å²) in [5.41, 5.74) is 0. The van der Waals surface area contributed by atoms with Gasteiger partial charge < -0.3 is 8.37 Å². The van der Waals surface area contributed by atoms with E-state index in [2.05, 4.69) is 0 Å². The second-order valence-corrected chi connectivity index (χ2v) is 5.95. The molecule has 0 unspecified atom stereocenters. The molecule has 2 rings (SSSR count). The van der Waals surface area contributed by atoms with Gasteiger partial charge in [0.15, 0.2) is 11.5 Å². The lowest BCUT2D eigenvalue weighted by Crippen LogP contribution is -2.08. The minimum atomic E-state index is -2.11. The second kappa shape index (κ2) is 6.87. The zero-order valence-corrected chi connectivity index (χ0v) is 13.4. The van der Waals surface area contributed by atoms with Crippen molar-refractivity contribution in [3.63, 3.8) is 0 Å². The van der Waals surface area contributed by atoms with E-state index < -0.39 is 11.4 Å². The van der Waals surface area contributed by atoms with Crippen molar-refractivity contribution in [2.24, 2.45) is 0 Å². The molecule has 0 fully saturated rings. The summed E-state index contributed by atoms with van der Waals surface area (Å²) in [7, 11) is 0. The third-order valence-corrected chi connectivity index (χ3v) is 3.80. The minimum absolute atomic E-state index is 0.180. The number of hydrogen-bond donors (Lipinski definition) is 0. The molecule has 0 heterocycles. The van der Waals surface area contributed by atoms with Gasteiger partial charge in [-0.1, -0.05) is 46.4 Å². The largest absolute Gasteiger partial charge is 0.417 e. The highest BCUT2D eigenvalue weighted by Crippen LogP contribution is 2.30. The van der Waals surface area contributed by atoms with E-state index in [1.165, 1.54) is 24.3 Å². The first-order chi connectivity index (χ1) is 9.45. The van der Waals surface area contributed by atoms with Crippen LogP contribution >= 0.6 is 46.4 Å². The maximum absolute atomic E-state index is 11.7. The van der Waals surface area contributed by atoms with E-state index in [-0.39, 0.29) is 21.5 Å². The van der Waals surface area contributed by atoms with Crippen LogP contribution in [0.5, 0.6) is 11.5 Å². The molecule has 0 radical (unpaired) electrons. The van der Waals surface area contributed by atoms with Gasteiger partial charge in [0.2, 0.25) is 0 Å². The quantitative estimate of drug-likeness (QED) is 0.727. The summed E-state index contributed by atoms with van der Waals surface area (Å²) in [6, 6.07) is 8.99. The average Bonchev–Trinajstić information content (AvgIpc) is 2.36. The normalized spacial score (nSPS) is 10.7. The van der Waals surface area contributed by atoms with Crippen molar-refractivity contribution < 1.29 is 12.6 Å². The maximum Gasteiger partial charge on any atom is 0.417 e. The predicted octanol–water partition coefficient (Wildman–Crippen LogP) is 5.34. The Morgan fingerprint density at radius 2 is 1.15 bits per heavy atom. The Bertz CT molecular complexity index is 608. The Balaban J connectivity index is 2.09. The summed E-state index contributed by atoms with van der Waals surface area (Å²) in [4.78, 5) is 0. The lowest BCUT2D eigenvalue weighted by molar-refractivity contribution is 0.462. The van der Waals surface area contributed by atoms with Gasteiger partial charge in [-0.3, -0.25) is 0 Å². The first kappa shape index (κ1) is 15.7. The number of rotatable bonds is 4. The molecule has 0 aliphatic rings. The fraction of sp³-hybridized carbons (Fsp3) is 0. The van der Waals surface area contributed by atoms with Gasteiger partial charge in [0, 0.05) is 10.0 Å². The molecule has 20 heavy (non-hydrogen) atoms. The average molecular weight is 372 g/mol. The first-order valence-corrected chi connectivity index (χ1v) is 7.65. The van der Waals surface area contributed by atoms with Crippen LogP contribution in [0, 0.1) is 0 Å². The molecular formula is C12H6Cl4O3S. The molecule has 8 heteroatoms. The first-order valence-electron chi connectivity index (χ1n) is 5.14. The van der Waals surface area contributed by atoms with Crippen LogP contribution in [0.1, 0.15) is 0 Å². The smallest absolute Gasteiger partial charge is 0.370 e. The van der Waals surface area contributed by atoms with Gasteiger partial charge >= 0.3 is 11.4 Å². The molecule has 0 bridgehead atoms. The molecule has 0 spiro atoms. The van der Waals surface area contributed by atoms with Crippen LogP contribution in [0.3, 0.4) is 0 Å². The van der Waals surface area contributed by atoms with Crippen LogP contribution in [-0.2, 0) is 11.4 Å². The van der Waals surface area contributed by atoms with Crippen LogP contribution in [0.4, 0.5) is 0 Å². The highest BCUT2D eigenvalue weighted by Gasteiger charge is 2.12. The highest BCUT2D eigenvalue weighted by molar-refractivity contribution is 7.76. The summed E-state index contributed by atoms with van der Waals surface area (Å²) in [6.45, 7) is 0. The van der Waals surface area contributed by atoms with E-state index in [0.29, 0.717) is 10.0 Å². The Kier molecular flexibility index (Phi) is 5.41. The SMILES string of the molecule is O=S(Oc1ccc(Cl)cc1Cl)Oc1ccc(Cl)cc1Cl. The maximum atomic E-state index is 11.7. The van der Waals surface area contributed by atoms with Gasteiger partial charge in [-0.2, -0.15) is 4.21 Å². The van der Waals surface area contributed by atoms with Gasteiger partial charge in [0.05, 0.1) is 10.0 Å². The van der Waals surface area contributed by atoms with E-state index in [4.69, 9.17) is 54.8 Å². The molecule has 0 aromatic heterocycles. The van der Waals surface area contributed by atoms with Crippen LogP contribution in [-0.4, -0.2) is 4.21 Å². The Hall–Kier alpha value is -0.650. The summed E-state index contributed by atoms with van der Waals surface area (Å²) >= 11 is 21.1. The molecule has 2 aromatic rings. The Labute approximate surface area is 138 Å². The van der Waals surface area contributed by atoms with Gasteiger partial charge in [0.25, 0.3) is 0 Å². The van der Waals surface area contributed by atoms with Gasteiger partial charge in [-0.15, -0.1) is 0 Å². The molecule has 0 saturated heterocycles. The lowest BCUT2D eigenvalue weighted by atomic mass is 10.3. The molecule has 2 aromatic carbocycles. The van der Waals surface area contributed by atoms with Crippen molar-refractivity contribution in [3.8, 4) is 11.5 Å². The molecule has 0 atom stereocenters. The van der Waals surface area contributed by atoms with Crippen LogP contribution in [0.25, 0.3) is 0 Å². The van der Waals surface area contributed by atoms with Crippen molar-refractivity contribution in [3.05, 3.63) is 56.5 Å². The van der Waals surface area contributed by atoms with Gasteiger partial charge in [0.1, 0.15) is 0 Å². The summed E-state index contributed by atoms with van der Waals surface area (Å²) < 4.78 is 21.9. The number of benzene rings is 2. The zero-order chi connectivity index (χ0) is 14.7. The standard InChI is InChI=1S/C12H6Cl4O3S/c13-7-1-3-11(9(15)5-7)18-20(17)19-12-4-2-8(14)6-10(12)16/h1-6H. The number of hydrogen-bond acceptors (Lipinski definition) is 3. The summed E-state index contributed by atoms with van der Waals surface area (Å²) in [5.74, 6) is 0.360. The van der Waals surface area contributed by atoms with E-state index in [1.54, 1.807) is 12.1 Å². The second-order valence-electron chi connectivity index (χ2n) is 3.52. The Morgan fingerprint density at radius 3 is 1.50 bits per heavy atom. The minimum Gasteiger partial charge on any atom is -0.370 e. The molecule has 0 amide bonds. The molecule has 0 saturated carbocycles. The van der Waals surface area contributed by atoms with Crippen molar-refractivity contribution in [2.45, 2.75) is 0 Å². The molecular weight excluding hydrogens is 366 g/mol. The van der Waals surface area contributed by atoms with Crippen LogP contribution < -0.4 is 8.37 Å². The van der Waals surface area contributed by atoms with E-state index in [9.17, 15) is 4.21 Å². The van der Waals surface area contributed by atoms with E-state index in [1.807, 2.05) is 0 Å². The van der Waals surface area contributed by atoms with Crippen LogP contribution in [0.15, 0.2) is 36.4 Å². The third kappa shape index (κ3) is 4.17. The van der Waals surface area contributed by atoms with Crippen LogP contribution in [0.2, 0.25) is 20.1 Å². The van der Waals surface area contributed by atoms with E-state index in [0.717, 1.165) is 0 Å². The molecule has 0 aliphatic carbocycles. The van der Waals surface area contributed by atoms with Crippen molar-refractivity contribution >= 4 is 57.8 Å². The molecule has 3 nitrogen and oxygen atoms in total. The van der Waals surface area contributed by atoms with Crippen molar-refractivity contribution in [1.82, 2.24) is 0 Å². The van der Waals surface area contributed by atoms with Gasteiger partial charge in [-0.25, -0.2) is 0 Å². The topological polar surface area (TPSA) is 35.5 Å². The molecule has 0 N–H and O–H groups in total. The zero-order valence-electron chi connectivity index (χ0n) is 9.61. The Morgan fingerprint density at radius 1 is 0.750 bits per heavy atom. The monoisotopic (exact) mass is 370 g/mol. The van der Waals surface area contributed by atoms with Crippen molar-refractivity contribution in [2.75, 3.05) is 0 Å². The molecule has 106 valence electrons. The summed E-state index contributed by atoms with van der Waals surface area (Å²) in [5, 5.41) is 1.32. The summed E-state index contributed by atoms with van der Waals surface area (Å²) in [6.07, 6.45) is 0. The highest BCUT2D eigenvalue weighted by atomic mass is 35.5. The fourth-order valence-corrected chi connectivity index (χ4v) is 2.85. The molecule has 0 aliphatic heterocycles. The van der Waals surface area contributed by atoms with Gasteiger partial charge in [-0.05, 0) is 36.4 Å². The van der Waals surface area contributed by atoms with E-state index >= 15 is 0 Å². The lowest BCUT2D eigenvalue weighted by Gasteiger charge is -2.08. The predicted molar refractivity (Wildman–Crippen MR) is 82.3 cm³/mol. The van der Waals surface area contributed by atoms with Crippen molar-refractivity contribution in [1.29, 1.82) is 0 Å². The fourth-order valence-electron chi connectivity index (χ4n) is 1.25.